The Balaban J connectivity index is 1.97. The number of thioether (sulfide) groups is 1. The summed E-state index contributed by atoms with van der Waals surface area (Å²) in [7, 11) is 0. The largest absolute Gasteiger partial charge is 0.482 e. The molecule has 0 fully saturated rings. The van der Waals surface area contributed by atoms with Crippen LogP contribution >= 0.6 is 23.4 Å². The SMILES string of the molecule is Cc1cc(SC#N)ccc1NC(=O)COc1ccc([N+](=O)[O-])cc1Cl. The zero-order valence-corrected chi connectivity index (χ0v) is 14.6. The number of nitro benzene ring substituents is 1. The molecule has 25 heavy (non-hydrogen) atoms. The van der Waals surface area contributed by atoms with Crippen LogP contribution in [0.4, 0.5) is 11.4 Å². The molecule has 0 heterocycles. The summed E-state index contributed by atoms with van der Waals surface area (Å²) in [5.41, 5.74) is 1.25. The predicted molar refractivity (Wildman–Crippen MR) is 94.9 cm³/mol. The van der Waals surface area contributed by atoms with Crippen molar-refractivity contribution in [2.45, 2.75) is 11.8 Å². The summed E-state index contributed by atoms with van der Waals surface area (Å²) in [5.74, 6) is -0.224. The number of hydrogen-bond acceptors (Lipinski definition) is 6. The van der Waals surface area contributed by atoms with Crippen molar-refractivity contribution in [1.82, 2.24) is 0 Å². The van der Waals surface area contributed by atoms with E-state index < -0.39 is 10.8 Å². The molecule has 0 saturated carbocycles. The molecule has 0 aliphatic carbocycles. The summed E-state index contributed by atoms with van der Waals surface area (Å²) < 4.78 is 5.29. The number of aryl methyl sites for hydroxylation is 1. The summed E-state index contributed by atoms with van der Waals surface area (Å²) in [5, 5.41) is 24.0. The van der Waals surface area contributed by atoms with Crippen molar-refractivity contribution in [3.05, 3.63) is 57.1 Å². The van der Waals surface area contributed by atoms with E-state index in [9.17, 15) is 14.9 Å². The number of halogens is 1. The highest BCUT2D eigenvalue weighted by atomic mass is 35.5. The van der Waals surface area contributed by atoms with Crippen molar-refractivity contribution in [3.8, 4) is 11.2 Å². The zero-order valence-electron chi connectivity index (χ0n) is 13.0. The van der Waals surface area contributed by atoms with E-state index in [1.165, 1.54) is 12.1 Å². The third-order valence-electron chi connectivity index (χ3n) is 3.12. The first-order valence-electron chi connectivity index (χ1n) is 6.94. The van der Waals surface area contributed by atoms with E-state index in [1.54, 1.807) is 18.2 Å². The summed E-state index contributed by atoms with van der Waals surface area (Å²) in [4.78, 5) is 22.9. The zero-order chi connectivity index (χ0) is 18.4. The molecule has 0 unspecified atom stereocenters. The second-order valence-electron chi connectivity index (χ2n) is 4.88. The van der Waals surface area contributed by atoms with Crippen molar-refractivity contribution >= 4 is 40.6 Å². The number of non-ortho nitro benzene ring substituents is 1. The lowest BCUT2D eigenvalue weighted by Crippen LogP contribution is -2.20. The Morgan fingerprint density at radius 3 is 2.76 bits per heavy atom. The minimum Gasteiger partial charge on any atom is -0.482 e. The molecule has 0 aliphatic rings. The highest BCUT2D eigenvalue weighted by Crippen LogP contribution is 2.28. The maximum atomic E-state index is 12.0. The van der Waals surface area contributed by atoms with Gasteiger partial charge in [0, 0.05) is 22.7 Å². The molecule has 0 atom stereocenters. The average molecular weight is 378 g/mol. The summed E-state index contributed by atoms with van der Waals surface area (Å²) in [6.45, 7) is 1.51. The van der Waals surface area contributed by atoms with Gasteiger partial charge in [-0.3, -0.25) is 14.9 Å². The second-order valence-corrected chi connectivity index (χ2v) is 6.14. The van der Waals surface area contributed by atoms with Crippen LogP contribution < -0.4 is 10.1 Å². The number of nitriles is 1. The molecule has 9 heteroatoms. The van der Waals surface area contributed by atoms with Gasteiger partial charge in [-0.2, -0.15) is 5.26 Å². The van der Waals surface area contributed by atoms with Crippen molar-refractivity contribution in [1.29, 1.82) is 5.26 Å². The number of rotatable bonds is 6. The van der Waals surface area contributed by atoms with E-state index in [0.29, 0.717) is 5.69 Å². The lowest BCUT2D eigenvalue weighted by Gasteiger charge is -2.11. The number of hydrogen-bond donors (Lipinski definition) is 1. The monoisotopic (exact) mass is 377 g/mol. The summed E-state index contributed by atoms with van der Waals surface area (Å²) >= 11 is 6.93. The van der Waals surface area contributed by atoms with Crippen LogP contribution in [0.5, 0.6) is 5.75 Å². The number of ether oxygens (including phenoxy) is 1. The molecule has 2 aromatic carbocycles. The Hall–Kier alpha value is -2.76. The van der Waals surface area contributed by atoms with Crippen LogP contribution in [0.25, 0.3) is 0 Å². The first-order chi connectivity index (χ1) is 11.9. The molecule has 7 nitrogen and oxygen atoms in total. The third-order valence-corrected chi connectivity index (χ3v) is 4.00. The van der Waals surface area contributed by atoms with Crippen LogP contribution in [0.15, 0.2) is 41.3 Å². The van der Waals surface area contributed by atoms with Crippen molar-refractivity contribution < 1.29 is 14.5 Å². The average Bonchev–Trinajstić information content (AvgIpc) is 2.56. The molecule has 0 radical (unpaired) electrons. The second kappa shape index (κ2) is 8.37. The van der Waals surface area contributed by atoms with Gasteiger partial charge in [0.05, 0.1) is 9.95 Å². The van der Waals surface area contributed by atoms with Gasteiger partial charge in [0.25, 0.3) is 11.6 Å². The van der Waals surface area contributed by atoms with E-state index in [2.05, 4.69) is 5.32 Å². The highest BCUT2D eigenvalue weighted by Gasteiger charge is 2.12. The maximum absolute atomic E-state index is 12.0. The predicted octanol–water partition coefficient (Wildman–Crippen LogP) is 4.15. The molecular formula is C16H12ClN3O4S. The van der Waals surface area contributed by atoms with Gasteiger partial charge in [-0.1, -0.05) is 11.6 Å². The van der Waals surface area contributed by atoms with Crippen molar-refractivity contribution in [2.75, 3.05) is 11.9 Å². The number of carbonyl (C=O) groups excluding carboxylic acids is 1. The van der Waals surface area contributed by atoms with E-state index in [0.717, 1.165) is 28.3 Å². The molecule has 0 saturated heterocycles. The third kappa shape index (κ3) is 5.11. The van der Waals surface area contributed by atoms with Crippen LogP contribution in [-0.2, 0) is 4.79 Å². The van der Waals surface area contributed by atoms with Gasteiger partial charge in [0.15, 0.2) is 6.61 Å². The van der Waals surface area contributed by atoms with Crippen LogP contribution in [0.1, 0.15) is 5.56 Å². The quantitative estimate of drug-likeness (QED) is 0.351. The van der Waals surface area contributed by atoms with Gasteiger partial charge in [0.1, 0.15) is 11.2 Å². The van der Waals surface area contributed by atoms with Crippen LogP contribution in [0, 0.1) is 27.7 Å². The summed E-state index contributed by atoms with van der Waals surface area (Å²) in [6.07, 6.45) is 0. The van der Waals surface area contributed by atoms with Crippen LogP contribution in [0.2, 0.25) is 5.02 Å². The lowest BCUT2D eigenvalue weighted by atomic mass is 10.2. The standard InChI is InChI=1S/C16H12ClN3O4S/c1-10-6-12(25-9-18)3-4-14(10)19-16(21)8-24-15-5-2-11(20(22)23)7-13(15)17/h2-7H,8H2,1H3,(H,19,21). The molecule has 1 N–H and O–H groups in total. The molecule has 0 spiro atoms. The van der Waals surface area contributed by atoms with E-state index in [4.69, 9.17) is 21.6 Å². The van der Waals surface area contributed by atoms with E-state index in [1.807, 2.05) is 12.3 Å². The molecule has 2 rings (SSSR count). The van der Waals surface area contributed by atoms with E-state index in [-0.39, 0.29) is 23.1 Å². The molecule has 0 bridgehead atoms. The first-order valence-corrected chi connectivity index (χ1v) is 8.13. The maximum Gasteiger partial charge on any atom is 0.271 e. The molecule has 0 aromatic heterocycles. The fraction of sp³-hybridized carbons (Fsp3) is 0.125. The number of benzene rings is 2. The molecule has 0 aliphatic heterocycles. The number of carbonyl (C=O) groups is 1. The molecule has 1 amide bonds. The van der Waals surface area contributed by atoms with Crippen molar-refractivity contribution in [3.63, 3.8) is 0 Å². The van der Waals surface area contributed by atoms with E-state index >= 15 is 0 Å². The summed E-state index contributed by atoms with van der Waals surface area (Å²) in [6, 6.07) is 8.96. The fourth-order valence-electron chi connectivity index (χ4n) is 1.94. The number of anilines is 1. The van der Waals surface area contributed by atoms with Gasteiger partial charge >= 0.3 is 0 Å². The van der Waals surface area contributed by atoms with Gasteiger partial charge in [0.2, 0.25) is 0 Å². The van der Waals surface area contributed by atoms with Crippen molar-refractivity contribution in [2.24, 2.45) is 0 Å². The Morgan fingerprint density at radius 1 is 1.40 bits per heavy atom. The Morgan fingerprint density at radius 2 is 2.16 bits per heavy atom. The van der Waals surface area contributed by atoms with Gasteiger partial charge in [-0.05, 0) is 48.5 Å². The minimum atomic E-state index is -0.570. The minimum absolute atomic E-state index is 0.0519. The Labute approximate surface area is 152 Å². The smallest absolute Gasteiger partial charge is 0.271 e. The normalized spacial score (nSPS) is 9.96. The number of nitro groups is 1. The van der Waals surface area contributed by atoms with Gasteiger partial charge in [-0.15, -0.1) is 0 Å². The first kappa shape index (κ1) is 18.6. The number of thiocyanates is 1. The highest BCUT2D eigenvalue weighted by molar-refractivity contribution is 8.03. The van der Waals surface area contributed by atoms with Crippen LogP contribution in [0.3, 0.4) is 0 Å². The Bertz CT molecular complexity index is 867. The number of amides is 1. The fourth-order valence-corrected chi connectivity index (χ4v) is 2.65. The number of nitrogens with one attached hydrogen (secondary N) is 1. The van der Waals surface area contributed by atoms with Crippen LogP contribution in [-0.4, -0.2) is 17.4 Å². The number of nitrogens with zero attached hydrogens (tertiary/aromatic N) is 2. The molecule has 2 aromatic rings. The Kier molecular flexibility index (Phi) is 6.22. The topological polar surface area (TPSA) is 105 Å². The molecular weight excluding hydrogens is 366 g/mol. The lowest BCUT2D eigenvalue weighted by molar-refractivity contribution is -0.384. The molecule has 128 valence electrons. The van der Waals surface area contributed by atoms with Gasteiger partial charge < -0.3 is 10.1 Å². The van der Waals surface area contributed by atoms with Gasteiger partial charge in [-0.25, -0.2) is 0 Å².